The molecule has 1 saturated carbocycles. The topological polar surface area (TPSA) is 46.6 Å². The lowest BCUT2D eigenvalue weighted by molar-refractivity contribution is -0.134. The van der Waals surface area contributed by atoms with E-state index in [1.807, 2.05) is 14.0 Å². The number of hydrogen-bond acceptors (Lipinski definition) is 3. The van der Waals surface area contributed by atoms with Gasteiger partial charge in [0.15, 0.2) is 12.4 Å². The predicted molar refractivity (Wildman–Crippen MR) is 94.0 cm³/mol. The molecule has 0 radical (unpaired) electrons. The highest BCUT2D eigenvalue weighted by Crippen LogP contribution is 2.42. The Labute approximate surface area is 148 Å². The van der Waals surface area contributed by atoms with Crippen molar-refractivity contribution in [2.75, 3.05) is 13.7 Å². The molecule has 130 valence electrons. The smallest absolute Gasteiger partial charge is 0.260 e. The molecule has 1 aromatic rings. The number of rotatable bonds is 4. The monoisotopic (exact) mass is 349 g/mol. The van der Waals surface area contributed by atoms with Crippen LogP contribution in [0.15, 0.2) is 12.1 Å². The highest BCUT2D eigenvalue weighted by Gasteiger charge is 2.32. The highest BCUT2D eigenvalue weighted by atomic mass is 35.5. The average Bonchev–Trinajstić information content (AvgIpc) is 2.90. The molecule has 2 aliphatic rings. The van der Waals surface area contributed by atoms with Gasteiger partial charge in [-0.25, -0.2) is 0 Å². The number of ketones is 1. The second kappa shape index (κ2) is 7.14. The van der Waals surface area contributed by atoms with Crippen LogP contribution in [-0.4, -0.2) is 36.3 Å². The van der Waals surface area contributed by atoms with Gasteiger partial charge in [0.1, 0.15) is 5.75 Å². The Hall–Kier alpha value is -1.55. The van der Waals surface area contributed by atoms with E-state index in [2.05, 4.69) is 0 Å². The van der Waals surface area contributed by atoms with Gasteiger partial charge in [-0.3, -0.25) is 9.59 Å². The Morgan fingerprint density at radius 2 is 2.00 bits per heavy atom. The maximum absolute atomic E-state index is 12.4. The number of nitrogens with zero attached hydrogens (tertiary/aromatic N) is 1. The summed E-state index contributed by atoms with van der Waals surface area (Å²) in [5.74, 6) is 0.588. The molecule has 0 unspecified atom stereocenters. The lowest BCUT2D eigenvalue weighted by Crippen LogP contribution is -2.40. The van der Waals surface area contributed by atoms with Crippen molar-refractivity contribution in [3.63, 3.8) is 0 Å². The maximum Gasteiger partial charge on any atom is 0.260 e. The van der Waals surface area contributed by atoms with E-state index in [0.29, 0.717) is 28.8 Å². The summed E-state index contributed by atoms with van der Waals surface area (Å²) in [5.41, 5.74) is 1.41. The number of halogens is 1. The van der Waals surface area contributed by atoms with Gasteiger partial charge < -0.3 is 9.64 Å². The van der Waals surface area contributed by atoms with E-state index >= 15 is 0 Å². The number of likely N-dealkylation sites (N-methyl/N-ethyl adjacent to an activating group) is 1. The molecular weight excluding hydrogens is 326 g/mol. The third-order valence-corrected chi connectivity index (χ3v) is 5.61. The molecule has 0 heterocycles. The van der Waals surface area contributed by atoms with Crippen LogP contribution in [-0.2, 0) is 4.79 Å². The van der Waals surface area contributed by atoms with Crippen LogP contribution in [0.25, 0.3) is 0 Å². The van der Waals surface area contributed by atoms with Gasteiger partial charge in [0.05, 0.1) is 5.56 Å². The lowest BCUT2D eigenvalue weighted by atomic mass is 9.94. The van der Waals surface area contributed by atoms with E-state index in [1.54, 1.807) is 17.0 Å². The minimum atomic E-state index is -0.0390. The summed E-state index contributed by atoms with van der Waals surface area (Å²) in [4.78, 5) is 26.5. The molecule has 1 fully saturated rings. The number of amides is 1. The average molecular weight is 350 g/mol. The second-order valence-corrected chi connectivity index (χ2v) is 7.35. The van der Waals surface area contributed by atoms with E-state index in [0.717, 1.165) is 18.4 Å². The standard InChI is InChI=1S/C19H24ClNO3/c1-12-10-15(22)19-16(9-8-14(20)18(12)19)24-11-17(23)21(2)13-6-4-3-5-7-13/h8-9,12-13H,3-7,10-11H2,1-2H3/t12-/m0/s1. The summed E-state index contributed by atoms with van der Waals surface area (Å²) >= 11 is 6.23. The Bertz CT molecular complexity index is 652. The van der Waals surface area contributed by atoms with Gasteiger partial charge in [0.25, 0.3) is 5.91 Å². The summed E-state index contributed by atoms with van der Waals surface area (Å²) in [6.07, 6.45) is 6.20. The Balaban J connectivity index is 1.69. The molecular formula is C19H24ClNO3. The van der Waals surface area contributed by atoms with Crippen molar-refractivity contribution in [2.24, 2.45) is 0 Å². The minimum absolute atomic E-state index is 0.0379. The lowest BCUT2D eigenvalue weighted by Gasteiger charge is -2.31. The molecule has 2 aliphatic carbocycles. The van der Waals surface area contributed by atoms with E-state index < -0.39 is 0 Å². The van der Waals surface area contributed by atoms with E-state index in [4.69, 9.17) is 16.3 Å². The van der Waals surface area contributed by atoms with Gasteiger partial charge in [0.2, 0.25) is 0 Å². The third kappa shape index (κ3) is 3.30. The summed E-state index contributed by atoms with van der Waals surface area (Å²) in [6, 6.07) is 3.76. The predicted octanol–water partition coefficient (Wildman–Crippen LogP) is 4.20. The van der Waals surface area contributed by atoms with Gasteiger partial charge in [-0.1, -0.05) is 37.8 Å². The number of fused-ring (bicyclic) bond motifs is 1. The SMILES string of the molecule is C[C@H]1CC(=O)c2c(OCC(=O)N(C)C3CCCCC3)ccc(Cl)c21. The fourth-order valence-corrected chi connectivity index (χ4v) is 4.20. The number of ether oxygens (including phenoxy) is 1. The zero-order valence-electron chi connectivity index (χ0n) is 14.3. The van der Waals surface area contributed by atoms with Crippen LogP contribution in [0.2, 0.25) is 5.02 Å². The second-order valence-electron chi connectivity index (χ2n) is 6.95. The highest BCUT2D eigenvalue weighted by molar-refractivity contribution is 6.32. The van der Waals surface area contributed by atoms with Crippen molar-refractivity contribution in [3.05, 3.63) is 28.3 Å². The molecule has 4 nitrogen and oxygen atoms in total. The van der Waals surface area contributed by atoms with Crippen LogP contribution < -0.4 is 4.74 Å². The molecule has 0 bridgehead atoms. The van der Waals surface area contributed by atoms with Crippen molar-refractivity contribution in [1.82, 2.24) is 4.90 Å². The molecule has 0 N–H and O–H groups in total. The molecule has 5 heteroatoms. The molecule has 0 aromatic heterocycles. The van der Waals surface area contributed by atoms with Gasteiger partial charge in [-0.05, 0) is 36.5 Å². The summed E-state index contributed by atoms with van der Waals surface area (Å²) in [6.45, 7) is 1.95. The summed E-state index contributed by atoms with van der Waals surface area (Å²) in [7, 11) is 1.85. The third-order valence-electron chi connectivity index (χ3n) is 5.28. The zero-order chi connectivity index (χ0) is 17.3. The molecule has 0 saturated heterocycles. The number of carbonyl (C=O) groups is 2. The van der Waals surface area contributed by atoms with Crippen LogP contribution in [0.3, 0.4) is 0 Å². The molecule has 0 spiro atoms. The molecule has 3 rings (SSSR count). The van der Waals surface area contributed by atoms with Crippen LogP contribution in [0.4, 0.5) is 0 Å². The van der Waals surface area contributed by atoms with Crippen LogP contribution in [0.1, 0.15) is 67.3 Å². The van der Waals surface area contributed by atoms with Gasteiger partial charge in [0, 0.05) is 24.5 Å². The quantitative estimate of drug-likeness (QED) is 0.818. The van der Waals surface area contributed by atoms with Crippen molar-refractivity contribution in [3.8, 4) is 5.75 Å². The first-order valence-electron chi connectivity index (χ1n) is 8.73. The Morgan fingerprint density at radius 3 is 2.71 bits per heavy atom. The first kappa shape index (κ1) is 17.3. The Morgan fingerprint density at radius 1 is 1.29 bits per heavy atom. The number of Topliss-reactive ketones (excluding diaryl/α,β-unsaturated/α-hetero) is 1. The van der Waals surface area contributed by atoms with Crippen molar-refractivity contribution >= 4 is 23.3 Å². The van der Waals surface area contributed by atoms with E-state index in [1.165, 1.54) is 19.3 Å². The first-order valence-corrected chi connectivity index (χ1v) is 9.11. The van der Waals surface area contributed by atoms with Crippen molar-refractivity contribution in [2.45, 2.75) is 57.4 Å². The molecule has 24 heavy (non-hydrogen) atoms. The molecule has 1 aromatic carbocycles. The van der Waals surface area contributed by atoms with E-state index in [-0.39, 0.29) is 24.2 Å². The maximum atomic E-state index is 12.4. The van der Waals surface area contributed by atoms with Crippen LogP contribution in [0, 0.1) is 0 Å². The van der Waals surface area contributed by atoms with Crippen molar-refractivity contribution < 1.29 is 14.3 Å². The molecule has 1 amide bonds. The molecule has 1 atom stereocenters. The number of carbonyl (C=O) groups excluding carboxylic acids is 2. The largest absolute Gasteiger partial charge is 0.483 e. The first-order chi connectivity index (χ1) is 11.5. The fourth-order valence-electron chi connectivity index (χ4n) is 3.86. The summed E-state index contributed by atoms with van der Waals surface area (Å²) in [5, 5.41) is 0.598. The number of benzene rings is 1. The zero-order valence-corrected chi connectivity index (χ0v) is 15.1. The minimum Gasteiger partial charge on any atom is -0.483 e. The van der Waals surface area contributed by atoms with Gasteiger partial charge in [-0.15, -0.1) is 0 Å². The van der Waals surface area contributed by atoms with Crippen molar-refractivity contribution in [1.29, 1.82) is 0 Å². The van der Waals surface area contributed by atoms with Crippen LogP contribution >= 0.6 is 11.6 Å². The van der Waals surface area contributed by atoms with Gasteiger partial charge in [-0.2, -0.15) is 0 Å². The summed E-state index contributed by atoms with van der Waals surface area (Å²) < 4.78 is 5.73. The van der Waals surface area contributed by atoms with E-state index in [9.17, 15) is 9.59 Å². The fraction of sp³-hybridized carbons (Fsp3) is 0.579. The number of hydrogen-bond donors (Lipinski definition) is 0. The van der Waals surface area contributed by atoms with Crippen LogP contribution in [0.5, 0.6) is 5.75 Å². The van der Waals surface area contributed by atoms with Gasteiger partial charge >= 0.3 is 0 Å². The Kier molecular flexibility index (Phi) is 5.14. The normalized spacial score (nSPS) is 20.8. The molecule has 0 aliphatic heterocycles.